The molecule has 2 rings (SSSR count). The first-order chi connectivity index (χ1) is 10.3. The Morgan fingerprint density at radius 1 is 1.36 bits per heavy atom. The molecule has 124 valence electrons. The minimum absolute atomic E-state index is 0.0943. The highest BCUT2D eigenvalue weighted by atomic mass is 32.2. The first-order valence-corrected chi connectivity index (χ1v) is 8.91. The van der Waals surface area contributed by atoms with Crippen molar-refractivity contribution in [1.29, 1.82) is 0 Å². The normalized spacial score (nSPS) is 17.6. The van der Waals surface area contributed by atoms with Crippen molar-refractivity contribution in [3.05, 3.63) is 11.5 Å². The van der Waals surface area contributed by atoms with Crippen molar-refractivity contribution in [2.24, 2.45) is 5.92 Å². The number of hydrogen-bond donors (Lipinski definition) is 0. The van der Waals surface area contributed by atoms with Gasteiger partial charge in [0, 0.05) is 32.6 Å². The van der Waals surface area contributed by atoms with E-state index in [-0.39, 0.29) is 16.7 Å². The zero-order chi connectivity index (χ0) is 16.5. The lowest BCUT2D eigenvalue weighted by atomic mass is 9.97. The number of hydrogen-bond acceptors (Lipinski definition) is 5. The number of rotatable bonds is 4. The molecule has 0 saturated carbocycles. The van der Waals surface area contributed by atoms with Crippen LogP contribution >= 0.6 is 0 Å². The van der Waals surface area contributed by atoms with Crippen molar-refractivity contribution in [2.75, 3.05) is 26.7 Å². The van der Waals surface area contributed by atoms with Crippen LogP contribution in [0.25, 0.3) is 0 Å². The second-order valence-corrected chi connectivity index (χ2v) is 7.56. The van der Waals surface area contributed by atoms with E-state index in [2.05, 4.69) is 5.16 Å². The highest BCUT2D eigenvalue weighted by Gasteiger charge is 2.35. The van der Waals surface area contributed by atoms with Gasteiger partial charge in [-0.05, 0) is 33.6 Å². The smallest absolute Gasteiger partial charge is 0.248 e. The van der Waals surface area contributed by atoms with Crippen LogP contribution in [0.5, 0.6) is 0 Å². The first kappa shape index (κ1) is 17.0. The van der Waals surface area contributed by atoms with Gasteiger partial charge in [0.25, 0.3) is 0 Å². The van der Waals surface area contributed by atoms with Crippen molar-refractivity contribution < 1.29 is 17.7 Å². The summed E-state index contributed by atoms with van der Waals surface area (Å²) in [4.78, 5) is 14.0. The lowest BCUT2D eigenvalue weighted by Crippen LogP contribution is -2.43. The lowest BCUT2D eigenvalue weighted by Gasteiger charge is -2.32. The average molecular weight is 329 g/mol. The zero-order valence-electron chi connectivity index (χ0n) is 13.5. The van der Waals surface area contributed by atoms with Crippen LogP contribution in [-0.4, -0.2) is 55.4 Å². The third kappa shape index (κ3) is 3.03. The molecule has 1 amide bonds. The Morgan fingerprint density at radius 2 is 1.95 bits per heavy atom. The molecule has 0 unspecified atom stereocenters. The van der Waals surface area contributed by atoms with Gasteiger partial charge in [0.1, 0.15) is 10.6 Å². The predicted octanol–water partition coefficient (Wildman–Crippen LogP) is 1.17. The first-order valence-electron chi connectivity index (χ1n) is 7.47. The van der Waals surface area contributed by atoms with Gasteiger partial charge in [0.2, 0.25) is 15.9 Å². The van der Waals surface area contributed by atoms with Crippen LogP contribution in [0.4, 0.5) is 0 Å². The number of nitrogens with zero attached hydrogens (tertiary/aromatic N) is 3. The molecule has 0 spiro atoms. The van der Waals surface area contributed by atoms with Crippen LogP contribution in [0.3, 0.4) is 0 Å². The number of piperidine rings is 1. The van der Waals surface area contributed by atoms with E-state index < -0.39 is 10.0 Å². The molecular formula is C14H23N3O4S. The number of carbonyl (C=O) groups excluding carboxylic acids is 1. The number of aryl methyl sites for hydroxylation is 2. The SMILES string of the molecule is CCN(C)C(=O)C1CCN(S(=O)(=O)c2c(C)noc2C)CC1. The third-order valence-corrected chi connectivity index (χ3v) is 6.36. The van der Waals surface area contributed by atoms with Crippen molar-refractivity contribution in [3.8, 4) is 0 Å². The second kappa shape index (κ2) is 6.37. The quantitative estimate of drug-likeness (QED) is 0.828. The Labute approximate surface area is 131 Å². The van der Waals surface area contributed by atoms with E-state index in [0.717, 1.165) is 0 Å². The number of aromatic nitrogens is 1. The topological polar surface area (TPSA) is 83.7 Å². The van der Waals surface area contributed by atoms with E-state index in [1.54, 1.807) is 25.8 Å². The van der Waals surface area contributed by atoms with E-state index in [9.17, 15) is 13.2 Å². The summed E-state index contributed by atoms with van der Waals surface area (Å²) in [6.45, 7) is 6.50. The number of carbonyl (C=O) groups is 1. The summed E-state index contributed by atoms with van der Waals surface area (Å²) in [5, 5.41) is 3.71. The maximum absolute atomic E-state index is 12.7. The molecule has 1 aromatic rings. The molecule has 0 atom stereocenters. The fraction of sp³-hybridized carbons (Fsp3) is 0.714. The monoisotopic (exact) mass is 329 g/mol. The van der Waals surface area contributed by atoms with Gasteiger partial charge in [0.05, 0.1) is 0 Å². The molecule has 22 heavy (non-hydrogen) atoms. The molecule has 1 saturated heterocycles. The predicted molar refractivity (Wildman–Crippen MR) is 80.8 cm³/mol. The van der Waals surface area contributed by atoms with Gasteiger partial charge >= 0.3 is 0 Å². The van der Waals surface area contributed by atoms with E-state index in [4.69, 9.17) is 4.52 Å². The van der Waals surface area contributed by atoms with Gasteiger partial charge < -0.3 is 9.42 Å². The lowest BCUT2D eigenvalue weighted by molar-refractivity contribution is -0.135. The summed E-state index contributed by atoms with van der Waals surface area (Å²) >= 11 is 0. The van der Waals surface area contributed by atoms with Crippen LogP contribution in [-0.2, 0) is 14.8 Å². The minimum atomic E-state index is -3.60. The van der Waals surface area contributed by atoms with E-state index in [0.29, 0.717) is 43.9 Å². The van der Waals surface area contributed by atoms with Crippen LogP contribution in [0, 0.1) is 19.8 Å². The molecule has 7 nitrogen and oxygen atoms in total. The fourth-order valence-corrected chi connectivity index (χ4v) is 4.54. The maximum Gasteiger partial charge on any atom is 0.248 e. The zero-order valence-corrected chi connectivity index (χ0v) is 14.3. The standard InChI is InChI=1S/C14H23N3O4S/c1-5-16(4)14(18)12-6-8-17(9-7-12)22(19,20)13-10(2)15-21-11(13)3/h12H,5-9H2,1-4H3. The highest BCUT2D eigenvalue weighted by molar-refractivity contribution is 7.89. The molecule has 1 fully saturated rings. The maximum atomic E-state index is 12.7. The molecule has 8 heteroatoms. The van der Waals surface area contributed by atoms with Crippen LogP contribution in [0.2, 0.25) is 0 Å². The Balaban J connectivity index is 2.10. The van der Waals surface area contributed by atoms with Gasteiger partial charge in [0.15, 0.2) is 5.76 Å². The second-order valence-electron chi connectivity index (χ2n) is 5.68. The molecule has 0 N–H and O–H groups in total. The van der Waals surface area contributed by atoms with E-state index in [1.165, 1.54) is 4.31 Å². The van der Waals surface area contributed by atoms with Crippen molar-refractivity contribution in [1.82, 2.24) is 14.4 Å². The summed E-state index contributed by atoms with van der Waals surface area (Å²) in [5.41, 5.74) is 0.376. The molecule has 1 aromatic heterocycles. The van der Waals surface area contributed by atoms with Gasteiger partial charge in [-0.3, -0.25) is 4.79 Å². The Morgan fingerprint density at radius 3 is 2.41 bits per heavy atom. The molecule has 1 aliphatic rings. The minimum Gasteiger partial charge on any atom is -0.360 e. The van der Waals surface area contributed by atoms with Crippen LogP contribution in [0.1, 0.15) is 31.2 Å². The highest BCUT2D eigenvalue weighted by Crippen LogP contribution is 2.28. The van der Waals surface area contributed by atoms with Gasteiger partial charge in [-0.15, -0.1) is 0 Å². The van der Waals surface area contributed by atoms with Crippen LogP contribution < -0.4 is 0 Å². The summed E-state index contributed by atoms with van der Waals surface area (Å²) < 4.78 is 31.8. The van der Waals surface area contributed by atoms with Crippen molar-refractivity contribution in [2.45, 2.75) is 38.5 Å². The number of amides is 1. The largest absolute Gasteiger partial charge is 0.360 e. The Hall–Kier alpha value is -1.41. The molecule has 0 aliphatic carbocycles. The van der Waals surface area contributed by atoms with E-state index >= 15 is 0 Å². The Bertz CT molecular complexity index is 626. The average Bonchev–Trinajstić information content (AvgIpc) is 2.85. The molecule has 1 aliphatic heterocycles. The van der Waals surface area contributed by atoms with Gasteiger partial charge in [-0.2, -0.15) is 4.31 Å². The molecule has 0 radical (unpaired) electrons. The molecule has 0 aromatic carbocycles. The fourth-order valence-electron chi connectivity index (χ4n) is 2.78. The van der Waals surface area contributed by atoms with Gasteiger partial charge in [-0.25, -0.2) is 8.42 Å². The number of sulfonamides is 1. The molecule has 0 bridgehead atoms. The summed E-state index contributed by atoms with van der Waals surface area (Å²) in [5.74, 6) is 0.305. The summed E-state index contributed by atoms with van der Waals surface area (Å²) in [6, 6.07) is 0. The van der Waals surface area contributed by atoms with E-state index in [1.807, 2.05) is 6.92 Å². The van der Waals surface area contributed by atoms with Crippen molar-refractivity contribution >= 4 is 15.9 Å². The molecular weight excluding hydrogens is 306 g/mol. The van der Waals surface area contributed by atoms with Crippen LogP contribution in [0.15, 0.2) is 9.42 Å². The van der Waals surface area contributed by atoms with Crippen molar-refractivity contribution in [3.63, 3.8) is 0 Å². The van der Waals surface area contributed by atoms with Gasteiger partial charge in [-0.1, -0.05) is 5.16 Å². The Kier molecular flexibility index (Phi) is 4.91. The summed E-state index contributed by atoms with van der Waals surface area (Å²) in [6.07, 6.45) is 1.09. The molecule has 2 heterocycles. The third-order valence-electron chi connectivity index (χ3n) is 4.22. The summed E-state index contributed by atoms with van der Waals surface area (Å²) in [7, 11) is -1.83.